The van der Waals surface area contributed by atoms with E-state index in [-0.39, 0.29) is 30.9 Å². The van der Waals surface area contributed by atoms with Crippen LogP contribution in [-0.2, 0) is 4.57 Å². The van der Waals surface area contributed by atoms with Crippen LogP contribution in [0.4, 0.5) is 0 Å². The summed E-state index contributed by atoms with van der Waals surface area (Å²) in [6.45, 7) is 0. The number of halogens is 1. The van der Waals surface area contributed by atoms with E-state index in [0.29, 0.717) is 0 Å². The van der Waals surface area contributed by atoms with Crippen molar-refractivity contribution in [2.45, 2.75) is 0 Å². The lowest BCUT2D eigenvalue weighted by atomic mass is 13.1. The quantitative estimate of drug-likeness (QED) is 0.159. The first kappa shape index (κ1) is 39.2. The molecule has 13 heteroatoms. The van der Waals surface area contributed by atoms with Gasteiger partial charge < -0.3 is 55.3 Å². The van der Waals surface area contributed by atoms with Gasteiger partial charge in [-0.25, -0.2) is 0 Å². The molecule has 0 aliphatic heterocycles. The van der Waals surface area contributed by atoms with E-state index in [2.05, 4.69) is 0 Å². The van der Waals surface area contributed by atoms with Crippen LogP contribution in [0, 0.1) is 10.1 Å². The molecular weight excluding hydrogens is 234 g/mol. The molecule has 0 spiro atoms. The molecule has 88 valence electrons. The Morgan fingerprint density at radius 2 is 1.15 bits per heavy atom. The normalized spacial score (nSPS) is 6.38. The van der Waals surface area contributed by atoms with Gasteiger partial charge in [-0.1, -0.05) is 0 Å². The van der Waals surface area contributed by atoms with Crippen LogP contribution in [0.2, 0.25) is 0 Å². The van der Waals surface area contributed by atoms with Crippen molar-refractivity contribution in [3.05, 3.63) is 10.1 Å². The molecule has 0 aliphatic carbocycles. The first-order chi connectivity index (χ1) is 3.73. The van der Waals surface area contributed by atoms with Gasteiger partial charge in [0, 0.05) is 0 Å². The van der Waals surface area contributed by atoms with Crippen LogP contribution in [0.5, 0.6) is 0 Å². The largest absolute Gasteiger partial charge is 1.00 e. The number of rotatable bonds is 0. The molecule has 0 saturated carbocycles. The zero-order valence-electron chi connectivity index (χ0n) is 7.21. The van der Waals surface area contributed by atoms with Gasteiger partial charge in [0.1, 0.15) is 0 Å². The second kappa shape index (κ2) is 17.5. The molecule has 0 aromatic heterocycles. The zero-order valence-corrected chi connectivity index (χ0v) is 8.86. The number of nitrogens with zero attached hydrogens (tertiary/aromatic N) is 1. The Balaban J connectivity index is -0.0000000146. The smallest absolute Gasteiger partial charge is 0.291 e. The van der Waals surface area contributed by atoms with Crippen LogP contribution in [-0.4, -0.2) is 15.2 Å². The molecular formula is H14ClN4O7P. The lowest BCUT2D eigenvalue weighted by molar-refractivity contribution is -0.742. The molecule has 0 saturated heterocycles. The van der Waals surface area contributed by atoms with Gasteiger partial charge in [-0.3, -0.25) is 0 Å². The van der Waals surface area contributed by atoms with E-state index in [0.717, 1.165) is 0 Å². The van der Waals surface area contributed by atoms with Crippen molar-refractivity contribution in [1.82, 2.24) is 18.5 Å². The van der Waals surface area contributed by atoms with Gasteiger partial charge in [0.15, 0.2) is 0 Å². The monoisotopic (exact) mass is 248 g/mol. The molecule has 0 aliphatic rings. The van der Waals surface area contributed by atoms with Crippen LogP contribution < -0.4 is 40.6 Å². The molecule has 11 nitrogen and oxygen atoms in total. The molecule has 0 aromatic rings. The van der Waals surface area contributed by atoms with Gasteiger partial charge in [-0.15, -0.1) is 10.1 Å². The van der Waals surface area contributed by atoms with E-state index >= 15 is 0 Å². The fourth-order valence-electron chi connectivity index (χ4n) is 0. The lowest BCUT2D eigenvalue weighted by Gasteiger charge is -2.19. The van der Waals surface area contributed by atoms with Crippen molar-refractivity contribution in [1.29, 1.82) is 0 Å². The van der Waals surface area contributed by atoms with Crippen LogP contribution in [0.3, 0.4) is 0 Å². The second-order valence-corrected chi connectivity index (χ2v) is 1.64. The summed E-state index contributed by atoms with van der Waals surface area (Å²) in [5, 5.41) is 13.6. The van der Waals surface area contributed by atoms with E-state index < -0.39 is 12.9 Å². The maximum atomic E-state index is 8.66. The molecule has 0 atom stereocenters. The molecule has 14 N–H and O–H groups in total. The van der Waals surface area contributed by atoms with Crippen LogP contribution in [0.1, 0.15) is 0 Å². The fraction of sp³-hybridized carbons (Fsp3) is 0. The average Bonchev–Trinajstić information content (AvgIpc) is 1.19. The Kier molecular flexibility index (Phi) is 52.8. The fourth-order valence-corrected chi connectivity index (χ4v) is 0. The van der Waals surface area contributed by atoms with E-state index in [9.17, 15) is 0 Å². The maximum absolute atomic E-state index is 8.66. The summed E-state index contributed by atoms with van der Waals surface area (Å²) in [7, 11) is -5.14. The molecule has 0 heterocycles. The second-order valence-electron chi connectivity index (χ2n) is 0.706. The molecule has 13 heavy (non-hydrogen) atoms. The highest BCUT2D eigenvalue weighted by Crippen LogP contribution is 2.11. The Morgan fingerprint density at radius 3 is 1.15 bits per heavy atom. The summed E-state index contributed by atoms with van der Waals surface area (Å²) in [5.41, 5.74) is 0. The summed E-state index contributed by atoms with van der Waals surface area (Å²) in [4.78, 5) is 32.6. The van der Waals surface area contributed by atoms with Crippen LogP contribution in [0.15, 0.2) is 0 Å². The molecule has 0 bridgehead atoms. The Hall–Kier alpha value is -0.520. The molecule has 0 fully saturated rings. The van der Waals surface area contributed by atoms with Gasteiger partial charge in [0.2, 0.25) is 0 Å². The Morgan fingerprint density at radius 1 is 1.15 bits per heavy atom. The third-order valence-electron chi connectivity index (χ3n) is 0. The van der Waals surface area contributed by atoms with Crippen molar-refractivity contribution in [2.75, 3.05) is 0 Å². The Labute approximate surface area is 79.3 Å². The molecule has 0 aromatic carbocycles. The van der Waals surface area contributed by atoms with Crippen LogP contribution in [0.25, 0.3) is 0 Å². The first-order valence-corrected chi connectivity index (χ1v) is 2.81. The highest BCUT2D eigenvalue weighted by Gasteiger charge is 1.65. The highest BCUT2D eigenvalue weighted by molar-refractivity contribution is 7.42. The summed E-state index contributed by atoms with van der Waals surface area (Å²) < 4.78 is 8.66. The third-order valence-corrected chi connectivity index (χ3v) is 0. The van der Waals surface area contributed by atoms with Crippen molar-refractivity contribution in [3.63, 3.8) is 0 Å². The van der Waals surface area contributed by atoms with E-state index in [1.165, 1.54) is 0 Å². The lowest BCUT2D eigenvalue weighted by Crippen LogP contribution is -3.00. The standard InChI is InChI=1S/ClH.HNO3.3H3N.H3O4P/c;2-1(3)4;;;;1-5(2,3)4/h1H;(H,2,3,4);3*1H3;(H3,1,2,3,4). The van der Waals surface area contributed by atoms with Crippen molar-refractivity contribution < 1.29 is 41.9 Å². The van der Waals surface area contributed by atoms with Crippen LogP contribution >= 0.6 is 7.82 Å². The summed E-state index contributed by atoms with van der Waals surface area (Å²) in [6, 6.07) is 0. The zero-order chi connectivity index (χ0) is 8.08. The minimum Gasteiger partial charge on any atom is -1.00 e. The molecule has 0 unspecified atom stereocenters. The maximum Gasteiger partial charge on any atom is 0.291 e. The van der Waals surface area contributed by atoms with Crippen molar-refractivity contribution >= 4 is 7.82 Å². The van der Waals surface area contributed by atoms with Gasteiger partial charge in [-0.05, 0) is 0 Å². The minimum atomic E-state index is -5.14. The summed E-state index contributed by atoms with van der Waals surface area (Å²) in [5.74, 6) is 0. The molecule has 0 amide bonds. The minimum absolute atomic E-state index is 0. The SMILES string of the molecule is O=P([O-])([O-])O.O=[N+]([O-])O.[Cl-].[NH4+].[NH4+].[NH4+]. The number of hydrogen-bond acceptors (Lipinski definition) is 5. The van der Waals surface area contributed by atoms with E-state index in [4.69, 9.17) is 34.6 Å². The summed E-state index contributed by atoms with van der Waals surface area (Å²) in [6.07, 6.45) is 0. The average molecular weight is 249 g/mol. The molecule has 0 radical (unpaired) electrons. The first-order valence-electron chi connectivity index (χ1n) is 1.31. The number of hydrogen-bond donors (Lipinski definition) is 5. The van der Waals surface area contributed by atoms with Gasteiger partial charge >= 0.3 is 0 Å². The van der Waals surface area contributed by atoms with Crippen molar-refractivity contribution in [2.24, 2.45) is 0 Å². The predicted octanol–water partition coefficient (Wildman–Crippen LogP) is -4.41. The Bertz CT molecular complexity index is 120. The topological polar surface area (TPSA) is 256 Å². The predicted molar refractivity (Wildman–Crippen MR) is 36.6 cm³/mol. The third kappa shape index (κ3) is 3820. The summed E-state index contributed by atoms with van der Waals surface area (Å²) >= 11 is 0. The van der Waals surface area contributed by atoms with Crippen molar-refractivity contribution in [3.8, 4) is 0 Å². The highest BCUT2D eigenvalue weighted by atomic mass is 35.5. The van der Waals surface area contributed by atoms with E-state index in [1.54, 1.807) is 0 Å². The van der Waals surface area contributed by atoms with E-state index in [1.807, 2.05) is 0 Å². The van der Waals surface area contributed by atoms with Gasteiger partial charge in [-0.2, -0.15) is 0 Å². The van der Waals surface area contributed by atoms with Gasteiger partial charge in [0.05, 0.1) is 7.82 Å². The number of phosphoric acid groups is 1. The van der Waals surface area contributed by atoms with Gasteiger partial charge in [0.25, 0.3) is 5.09 Å². The number of quaternary nitrogens is 3. The molecule has 0 rings (SSSR count).